The number of anilines is 1. The van der Waals surface area contributed by atoms with Crippen molar-refractivity contribution < 1.29 is 4.74 Å². The Morgan fingerprint density at radius 3 is 2.71 bits per heavy atom. The molecule has 2 N–H and O–H groups in total. The van der Waals surface area contributed by atoms with Crippen LogP contribution in [-0.4, -0.2) is 22.6 Å². The third-order valence-electron chi connectivity index (χ3n) is 2.30. The van der Waals surface area contributed by atoms with Gasteiger partial charge in [-0.25, -0.2) is 0 Å². The summed E-state index contributed by atoms with van der Waals surface area (Å²) in [6, 6.07) is 8.05. The highest BCUT2D eigenvalue weighted by Gasteiger charge is 1.97. The highest BCUT2D eigenvalue weighted by molar-refractivity contribution is 7.98. The highest BCUT2D eigenvalue weighted by Crippen LogP contribution is 2.18. The summed E-state index contributed by atoms with van der Waals surface area (Å²) in [5.41, 5.74) is 6.24. The van der Waals surface area contributed by atoms with E-state index in [4.69, 9.17) is 10.5 Å². The van der Waals surface area contributed by atoms with Crippen molar-refractivity contribution in [3.63, 3.8) is 0 Å². The molecule has 0 aliphatic heterocycles. The van der Waals surface area contributed by atoms with Crippen LogP contribution in [0.2, 0.25) is 0 Å². The van der Waals surface area contributed by atoms with E-state index >= 15 is 0 Å². The van der Waals surface area contributed by atoms with E-state index in [0.29, 0.717) is 18.8 Å². The fourth-order valence-corrected chi connectivity index (χ4v) is 1.84. The van der Waals surface area contributed by atoms with E-state index in [1.54, 1.807) is 28.8 Å². The summed E-state index contributed by atoms with van der Waals surface area (Å²) < 4.78 is 7.38. The summed E-state index contributed by atoms with van der Waals surface area (Å²) in [6.45, 7) is 1.28. The summed E-state index contributed by atoms with van der Waals surface area (Å²) in [7, 11) is 0. The number of aromatic nitrogens is 2. The number of rotatable bonds is 5. The second-order valence-corrected chi connectivity index (χ2v) is 4.44. The predicted molar refractivity (Wildman–Crippen MR) is 70.4 cm³/mol. The SMILES string of the molecule is CSc1ccc(OCCn2cc(N)cn2)cc1. The number of nitrogens with zero attached hydrogens (tertiary/aromatic N) is 2. The van der Waals surface area contributed by atoms with E-state index in [1.165, 1.54) is 4.90 Å². The largest absolute Gasteiger partial charge is 0.492 e. The van der Waals surface area contributed by atoms with Gasteiger partial charge in [0, 0.05) is 11.1 Å². The molecule has 0 aliphatic carbocycles. The summed E-state index contributed by atoms with van der Waals surface area (Å²) in [5, 5.41) is 4.08. The Bertz CT molecular complexity index is 467. The molecular weight excluding hydrogens is 234 g/mol. The van der Waals surface area contributed by atoms with Crippen molar-refractivity contribution in [3.05, 3.63) is 36.7 Å². The van der Waals surface area contributed by atoms with Gasteiger partial charge in [0.25, 0.3) is 0 Å². The van der Waals surface area contributed by atoms with Crippen molar-refractivity contribution in [2.45, 2.75) is 11.4 Å². The zero-order chi connectivity index (χ0) is 12.1. The van der Waals surface area contributed by atoms with Crippen LogP contribution in [0.5, 0.6) is 5.75 Å². The Morgan fingerprint density at radius 2 is 2.12 bits per heavy atom. The van der Waals surface area contributed by atoms with Gasteiger partial charge in [-0.1, -0.05) is 0 Å². The van der Waals surface area contributed by atoms with Crippen LogP contribution in [0.1, 0.15) is 0 Å². The first-order valence-electron chi connectivity index (χ1n) is 5.33. The molecule has 1 heterocycles. The molecule has 0 radical (unpaired) electrons. The topological polar surface area (TPSA) is 53.1 Å². The molecule has 0 amide bonds. The first kappa shape index (κ1) is 11.9. The van der Waals surface area contributed by atoms with Crippen LogP contribution in [0.25, 0.3) is 0 Å². The number of nitrogens with two attached hydrogens (primary N) is 1. The first-order chi connectivity index (χ1) is 8.28. The molecule has 0 aliphatic rings. The van der Waals surface area contributed by atoms with Crippen LogP contribution in [-0.2, 0) is 6.54 Å². The molecule has 17 heavy (non-hydrogen) atoms. The molecule has 4 nitrogen and oxygen atoms in total. The minimum Gasteiger partial charge on any atom is -0.492 e. The highest BCUT2D eigenvalue weighted by atomic mass is 32.2. The lowest BCUT2D eigenvalue weighted by Crippen LogP contribution is -2.08. The van der Waals surface area contributed by atoms with E-state index in [0.717, 1.165) is 5.75 Å². The minimum atomic E-state index is 0.583. The van der Waals surface area contributed by atoms with Gasteiger partial charge in [-0.15, -0.1) is 11.8 Å². The fraction of sp³-hybridized carbons (Fsp3) is 0.250. The molecule has 0 fully saturated rings. The standard InChI is InChI=1S/C12H15N3OS/c1-17-12-4-2-11(3-5-12)16-7-6-15-9-10(13)8-14-15/h2-5,8-9H,6-7,13H2,1H3. The Balaban J connectivity index is 1.81. The van der Waals surface area contributed by atoms with Crippen molar-refractivity contribution in [2.75, 3.05) is 18.6 Å². The van der Waals surface area contributed by atoms with Gasteiger partial charge in [-0.2, -0.15) is 5.10 Å². The quantitative estimate of drug-likeness (QED) is 0.826. The maximum Gasteiger partial charge on any atom is 0.119 e. The molecule has 2 rings (SSSR count). The molecule has 0 spiro atoms. The van der Waals surface area contributed by atoms with Crippen molar-refractivity contribution in [1.82, 2.24) is 9.78 Å². The van der Waals surface area contributed by atoms with E-state index in [1.807, 2.05) is 24.3 Å². The average Bonchev–Trinajstić information content (AvgIpc) is 2.76. The van der Waals surface area contributed by atoms with E-state index in [9.17, 15) is 0 Å². The van der Waals surface area contributed by atoms with Gasteiger partial charge in [0.05, 0.1) is 18.4 Å². The molecule has 1 aromatic carbocycles. The van der Waals surface area contributed by atoms with Crippen molar-refractivity contribution >= 4 is 17.4 Å². The van der Waals surface area contributed by atoms with Gasteiger partial charge in [0.1, 0.15) is 12.4 Å². The van der Waals surface area contributed by atoms with Crippen LogP contribution in [0.15, 0.2) is 41.6 Å². The number of benzene rings is 1. The van der Waals surface area contributed by atoms with Gasteiger partial charge >= 0.3 is 0 Å². The Kier molecular flexibility index (Phi) is 3.93. The molecule has 90 valence electrons. The predicted octanol–water partition coefficient (Wildman–Crippen LogP) is 2.27. The lowest BCUT2D eigenvalue weighted by Gasteiger charge is -2.06. The Hall–Kier alpha value is -1.62. The Morgan fingerprint density at radius 1 is 1.35 bits per heavy atom. The second kappa shape index (κ2) is 5.63. The van der Waals surface area contributed by atoms with Crippen LogP contribution in [0, 0.1) is 0 Å². The zero-order valence-electron chi connectivity index (χ0n) is 9.67. The van der Waals surface area contributed by atoms with Gasteiger partial charge in [-0.05, 0) is 30.5 Å². The van der Waals surface area contributed by atoms with Crippen LogP contribution in [0.4, 0.5) is 5.69 Å². The normalized spacial score (nSPS) is 10.4. The number of nitrogen functional groups attached to an aromatic ring is 1. The summed E-state index contributed by atoms with van der Waals surface area (Å²) in [5.74, 6) is 0.878. The molecule has 1 aromatic heterocycles. The minimum absolute atomic E-state index is 0.583. The average molecular weight is 249 g/mol. The van der Waals surface area contributed by atoms with E-state index < -0.39 is 0 Å². The zero-order valence-corrected chi connectivity index (χ0v) is 10.5. The molecule has 0 unspecified atom stereocenters. The van der Waals surface area contributed by atoms with Crippen LogP contribution < -0.4 is 10.5 Å². The smallest absolute Gasteiger partial charge is 0.119 e. The van der Waals surface area contributed by atoms with Crippen LogP contribution >= 0.6 is 11.8 Å². The molecule has 2 aromatic rings. The molecule has 0 bridgehead atoms. The molecule has 0 saturated carbocycles. The Labute approximate surface area is 105 Å². The number of thioether (sulfide) groups is 1. The number of hydrogen-bond donors (Lipinski definition) is 1. The second-order valence-electron chi connectivity index (χ2n) is 3.56. The monoisotopic (exact) mass is 249 g/mol. The van der Waals surface area contributed by atoms with Crippen LogP contribution in [0.3, 0.4) is 0 Å². The summed E-state index contributed by atoms with van der Waals surface area (Å²) in [4.78, 5) is 1.23. The van der Waals surface area contributed by atoms with Gasteiger partial charge < -0.3 is 10.5 Å². The van der Waals surface area contributed by atoms with E-state index in [2.05, 4.69) is 11.4 Å². The van der Waals surface area contributed by atoms with Crippen molar-refractivity contribution in [1.29, 1.82) is 0 Å². The van der Waals surface area contributed by atoms with E-state index in [-0.39, 0.29) is 0 Å². The summed E-state index contributed by atoms with van der Waals surface area (Å²) in [6.07, 6.45) is 5.48. The summed E-state index contributed by atoms with van der Waals surface area (Å²) >= 11 is 1.72. The fourth-order valence-electron chi connectivity index (χ4n) is 1.43. The molecule has 5 heteroatoms. The van der Waals surface area contributed by atoms with Crippen molar-refractivity contribution in [3.8, 4) is 5.75 Å². The molecule has 0 saturated heterocycles. The van der Waals surface area contributed by atoms with Gasteiger partial charge in [0.2, 0.25) is 0 Å². The van der Waals surface area contributed by atoms with Gasteiger partial charge in [-0.3, -0.25) is 4.68 Å². The number of ether oxygens (including phenoxy) is 1. The van der Waals surface area contributed by atoms with Crippen molar-refractivity contribution in [2.24, 2.45) is 0 Å². The molecule has 0 atom stereocenters. The third kappa shape index (κ3) is 3.42. The number of hydrogen-bond acceptors (Lipinski definition) is 4. The molecular formula is C12H15N3OS. The lowest BCUT2D eigenvalue weighted by molar-refractivity contribution is 0.291. The van der Waals surface area contributed by atoms with Gasteiger partial charge in [0.15, 0.2) is 0 Å². The maximum atomic E-state index is 5.61. The third-order valence-corrected chi connectivity index (χ3v) is 3.05. The first-order valence-corrected chi connectivity index (χ1v) is 6.55. The lowest BCUT2D eigenvalue weighted by atomic mass is 10.3. The maximum absolute atomic E-state index is 5.61.